The van der Waals surface area contributed by atoms with Crippen molar-refractivity contribution >= 4 is 23.2 Å². The van der Waals surface area contributed by atoms with Crippen LogP contribution in [0.3, 0.4) is 0 Å². The van der Waals surface area contributed by atoms with Crippen LogP contribution in [-0.2, 0) is 4.79 Å². The van der Waals surface area contributed by atoms with E-state index in [4.69, 9.17) is 0 Å². The van der Waals surface area contributed by atoms with E-state index in [1.165, 1.54) is 25.1 Å². The number of para-hydroxylation sites is 1. The largest absolute Gasteiger partial charge is 0.324 e. The average Bonchev–Trinajstić information content (AvgIpc) is 2.92. The van der Waals surface area contributed by atoms with Gasteiger partial charge in [0.2, 0.25) is 5.91 Å². The molecule has 0 saturated heterocycles. The fourth-order valence-electron chi connectivity index (χ4n) is 3.05. The van der Waals surface area contributed by atoms with Gasteiger partial charge in [-0.1, -0.05) is 18.2 Å². The third-order valence-corrected chi connectivity index (χ3v) is 4.23. The zero-order valence-corrected chi connectivity index (χ0v) is 15.3. The molecule has 1 aromatic heterocycles. The van der Waals surface area contributed by atoms with Gasteiger partial charge in [0.25, 0.3) is 5.91 Å². The first-order valence-electron chi connectivity index (χ1n) is 8.49. The van der Waals surface area contributed by atoms with Crippen molar-refractivity contribution in [1.29, 1.82) is 0 Å². The first-order valence-corrected chi connectivity index (χ1v) is 8.49. The molecule has 6 heteroatoms. The van der Waals surface area contributed by atoms with Crippen LogP contribution in [-0.4, -0.2) is 16.4 Å². The van der Waals surface area contributed by atoms with Gasteiger partial charge in [-0.05, 0) is 50.2 Å². The smallest absolute Gasteiger partial charge is 0.257 e. The van der Waals surface area contributed by atoms with Crippen LogP contribution in [0.5, 0.6) is 0 Å². The summed E-state index contributed by atoms with van der Waals surface area (Å²) < 4.78 is 15.8. The van der Waals surface area contributed by atoms with Gasteiger partial charge in [0, 0.05) is 29.7 Å². The number of nitrogens with one attached hydrogen (secondary N) is 2. The maximum atomic E-state index is 13.8. The van der Waals surface area contributed by atoms with Crippen LogP contribution in [0.15, 0.2) is 54.6 Å². The lowest BCUT2D eigenvalue weighted by Crippen LogP contribution is -2.14. The van der Waals surface area contributed by atoms with Gasteiger partial charge in [-0.2, -0.15) is 0 Å². The molecule has 0 spiro atoms. The molecule has 0 aliphatic rings. The first-order chi connectivity index (χ1) is 12.9. The normalized spacial score (nSPS) is 10.5. The van der Waals surface area contributed by atoms with Gasteiger partial charge in [0.05, 0.1) is 11.3 Å². The Balaban J connectivity index is 1.89. The molecule has 2 N–H and O–H groups in total. The molecule has 3 aromatic rings. The van der Waals surface area contributed by atoms with Crippen molar-refractivity contribution in [3.63, 3.8) is 0 Å². The first kappa shape index (κ1) is 18.4. The highest BCUT2D eigenvalue weighted by atomic mass is 19.1. The van der Waals surface area contributed by atoms with E-state index in [0.717, 1.165) is 17.1 Å². The van der Waals surface area contributed by atoms with Crippen molar-refractivity contribution in [2.75, 3.05) is 10.6 Å². The van der Waals surface area contributed by atoms with E-state index < -0.39 is 5.82 Å². The second-order valence-electron chi connectivity index (χ2n) is 6.29. The Morgan fingerprint density at radius 1 is 0.963 bits per heavy atom. The van der Waals surface area contributed by atoms with Gasteiger partial charge in [-0.3, -0.25) is 9.59 Å². The van der Waals surface area contributed by atoms with Crippen molar-refractivity contribution in [2.24, 2.45) is 0 Å². The minimum absolute atomic E-state index is 0.0232. The number of hydrogen-bond acceptors (Lipinski definition) is 2. The quantitative estimate of drug-likeness (QED) is 0.718. The summed E-state index contributed by atoms with van der Waals surface area (Å²) >= 11 is 0. The van der Waals surface area contributed by atoms with Crippen LogP contribution in [0, 0.1) is 19.7 Å². The van der Waals surface area contributed by atoms with Crippen LogP contribution in [0.4, 0.5) is 15.8 Å². The maximum Gasteiger partial charge on any atom is 0.257 e. The Kier molecular flexibility index (Phi) is 5.07. The second kappa shape index (κ2) is 7.45. The van der Waals surface area contributed by atoms with Crippen molar-refractivity contribution in [2.45, 2.75) is 20.8 Å². The fourth-order valence-corrected chi connectivity index (χ4v) is 3.05. The van der Waals surface area contributed by atoms with E-state index >= 15 is 0 Å². The van der Waals surface area contributed by atoms with Gasteiger partial charge in [-0.15, -0.1) is 0 Å². The molecule has 0 fully saturated rings. The van der Waals surface area contributed by atoms with Gasteiger partial charge in [0.15, 0.2) is 0 Å². The second-order valence-corrected chi connectivity index (χ2v) is 6.29. The number of hydrogen-bond donors (Lipinski definition) is 2. The monoisotopic (exact) mass is 365 g/mol. The molecular weight excluding hydrogens is 345 g/mol. The van der Waals surface area contributed by atoms with Gasteiger partial charge in [-0.25, -0.2) is 4.39 Å². The molecular formula is C21H20FN3O2. The van der Waals surface area contributed by atoms with E-state index in [2.05, 4.69) is 10.6 Å². The summed E-state index contributed by atoms with van der Waals surface area (Å²) in [5, 5.41) is 5.16. The summed E-state index contributed by atoms with van der Waals surface area (Å²) in [6, 6.07) is 15.6. The number of aryl methyl sites for hydroxylation is 1. The molecule has 2 aromatic carbocycles. The lowest BCUT2D eigenvalue weighted by molar-refractivity contribution is -0.114. The summed E-state index contributed by atoms with van der Waals surface area (Å²) in [6.45, 7) is 5.11. The standard InChI is InChI=1S/C21H20FN3O2/c1-13-11-18(14(2)25(13)17-7-5-4-6-8-17)21(27)24-16-9-10-19(22)20(12-16)23-15(3)26/h4-12H,1-3H3,(H,23,26)(H,24,27). The number of aromatic nitrogens is 1. The number of nitrogens with zero attached hydrogens (tertiary/aromatic N) is 1. The van der Waals surface area contributed by atoms with Crippen LogP contribution in [0.2, 0.25) is 0 Å². The Labute approximate surface area is 156 Å². The number of carbonyl (C=O) groups excluding carboxylic acids is 2. The minimum Gasteiger partial charge on any atom is -0.324 e. The Hall–Kier alpha value is -3.41. The van der Waals surface area contributed by atoms with Gasteiger partial charge >= 0.3 is 0 Å². The zero-order chi connectivity index (χ0) is 19.6. The SMILES string of the molecule is CC(=O)Nc1cc(NC(=O)c2cc(C)n(-c3ccccc3)c2C)ccc1F. The summed E-state index contributed by atoms with van der Waals surface area (Å²) in [4.78, 5) is 23.9. The Bertz CT molecular complexity index is 1010. The third kappa shape index (κ3) is 3.89. The van der Waals surface area contributed by atoms with Crippen molar-refractivity contribution in [3.8, 4) is 5.69 Å². The molecule has 0 saturated carbocycles. The number of amides is 2. The third-order valence-electron chi connectivity index (χ3n) is 4.23. The minimum atomic E-state index is -0.564. The predicted molar refractivity (Wildman–Crippen MR) is 104 cm³/mol. The lowest BCUT2D eigenvalue weighted by atomic mass is 10.2. The van der Waals surface area contributed by atoms with Crippen LogP contribution >= 0.6 is 0 Å². The lowest BCUT2D eigenvalue weighted by Gasteiger charge is -2.11. The molecule has 0 atom stereocenters. The summed E-state index contributed by atoms with van der Waals surface area (Å²) in [7, 11) is 0. The van der Waals surface area contributed by atoms with Gasteiger partial charge in [0.1, 0.15) is 5.82 Å². The molecule has 0 aliphatic heterocycles. The highest BCUT2D eigenvalue weighted by Crippen LogP contribution is 2.23. The van der Waals surface area contributed by atoms with Gasteiger partial charge < -0.3 is 15.2 Å². The van der Waals surface area contributed by atoms with E-state index in [-0.39, 0.29) is 17.5 Å². The van der Waals surface area contributed by atoms with Crippen molar-refractivity contribution < 1.29 is 14.0 Å². The molecule has 2 amide bonds. The molecule has 0 unspecified atom stereocenters. The number of halogens is 1. The topological polar surface area (TPSA) is 63.1 Å². The fraction of sp³-hybridized carbons (Fsp3) is 0.143. The number of benzene rings is 2. The zero-order valence-electron chi connectivity index (χ0n) is 15.3. The van der Waals surface area contributed by atoms with E-state index in [9.17, 15) is 14.0 Å². The maximum absolute atomic E-state index is 13.8. The van der Waals surface area contributed by atoms with E-state index in [1.807, 2.05) is 54.8 Å². The van der Waals surface area contributed by atoms with Crippen molar-refractivity contribution in [3.05, 3.63) is 77.4 Å². The molecule has 27 heavy (non-hydrogen) atoms. The Morgan fingerprint density at radius 3 is 2.33 bits per heavy atom. The molecule has 0 bridgehead atoms. The molecule has 0 aliphatic carbocycles. The summed E-state index contributed by atoms with van der Waals surface area (Å²) in [6.07, 6.45) is 0. The number of rotatable bonds is 4. The van der Waals surface area contributed by atoms with Crippen LogP contribution < -0.4 is 10.6 Å². The summed E-state index contributed by atoms with van der Waals surface area (Å²) in [5.74, 6) is -1.25. The molecule has 0 radical (unpaired) electrons. The molecule has 5 nitrogen and oxygen atoms in total. The van der Waals surface area contributed by atoms with E-state index in [1.54, 1.807) is 0 Å². The van der Waals surface area contributed by atoms with E-state index in [0.29, 0.717) is 11.3 Å². The molecule has 3 rings (SSSR count). The van der Waals surface area contributed by atoms with Crippen molar-refractivity contribution in [1.82, 2.24) is 4.57 Å². The van der Waals surface area contributed by atoms with Crippen LogP contribution in [0.25, 0.3) is 5.69 Å². The summed E-state index contributed by atoms with van der Waals surface area (Å²) in [5.41, 5.74) is 3.66. The average molecular weight is 365 g/mol. The highest BCUT2D eigenvalue weighted by Gasteiger charge is 2.17. The predicted octanol–water partition coefficient (Wildman–Crippen LogP) is 4.44. The highest BCUT2D eigenvalue weighted by molar-refractivity contribution is 6.05. The molecule has 138 valence electrons. The molecule has 1 heterocycles. The van der Waals surface area contributed by atoms with Crippen LogP contribution in [0.1, 0.15) is 28.7 Å². The number of carbonyl (C=O) groups is 2. The number of anilines is 2. The Morgan fingerprint density at radius 2 is 1.67 bits per heavy atom.